The zero-order valence-electron chi connectivity index (χ0n) is 14.2. The highest BCUT2D eigenvalue weighted by Crippen LogP contribution is 2.24. The molecule has 6 heteroatoms. The standard InChI is InChI=1S/C18H21N3O3/c1-4-24-18(23)16-14-11-21(10-9-15(14)19-20(16)3)17(22)13-7-5-12(2)6-8-13/h5-8H,4,9-11H2,1-3H3. The van der Waals surface area contributed by atoms with Crippen molar-refractivity contribution in [3.05, 3.63) is 52.3 Å². The summed E-state index contributed by atoms with van der Waals surface area (Å²) in [5.74, 6) is -0.419. The Morgan fingerprint density at radius 2 is 1.96 bits per heavy atom. The average molecular weight is 327 g/mol. The van der Waals surface area contributed by atoms with Gasteiger partial charge in [0.05, 0.1) is 18.8 Å². The van der Waals surface area contributed by atoms with Gasteiger partial charge in [-0.2, -0.15) is 5.10 Å². The van der Waals surface area contributed by atoms with Crippen LogP contribution < -0.4 is 0 Å². The monoisotopic (exact) mass is 327 g/mol. The van der Waals surface area contributed by atoms with Crippen LogP contribution in [0.1, 0.15) is 44.6 Å². The highest BCUT2D eigenvalue weighted by atomic mass is 16.5. The maximum Gasteiger partial charge on any atom is 0.356 e. The summed E-state index contributed by atoms with van der Waals surface area (Å²) < 4.78 is 6.68. The fourth-order valence-corrected chi connectivity index (χ4v) is 3.01. The number of rotatable bonds is 3. The SMILES string of the molecule is CCOC(=O)c1c2c(nn1C)CCN(C(=O)c1ccc(C)cc1)C2. The summed E-state index contributed by atoms with van der Waals surface area (Å²) in [6.07, 6.45) is 0.639. The number of carbonyl (C=O) groups excluding carboxylic acids is 2. The van der Waals surface area contributed by atoms with Gasteiger partial charge in [-0.1, -0.05) is 17.7 Å². The van der Waals surface area contributed by atoms with Gasteiger partial charge in [-0.25, -0.2) is 4.79 Å². The number of fused-ring (bicyclic) bond motifs is 1. The van der Waals surface area contributed by atoms with Crippen LogP contribution in [0.2, 0.25) is 0 Å². The van der Waals surface area contributed by atoms with Gasteiger partial charge in [-0.3, -0.25) is 9.48 Å². The Balaban J connectivity index is 1.87. The summed E-state index contributed by atoms with van der Waals surface area (Å²) in [5.41, 5.74) is 3.87. The molecule has 0 spiro atoms. The molecule has 0 aliphatic carbocycles. The van der Waals surface area contributed by atoms with E-state index in [1.54, 1.807) is 23.6 Å². The number of carbonyl (C=O) groups is 2. The third-order valence-electron chi connectivity index (χ3n) is 4.25. The molecule has 0 bridgehead atoms. The smallest absolute Gasteiger partial charge is 0.356 e. The van der Waals surface area contributed by atoms with E-state index < -0.39 is 5.97 Å². The van der Waals surface area contributed by atoms with E-state index in [-0.39, 0.29) is 5.91 Å². The first-order valence-electron chi connectivity index (χ1n) is 8.09. The van der Waals surface area contributed by atoms with Crippen molar-refractivity contribution in [1.82, 2.24) is 14.7 Å². The van der Waals surface area contributed by atoms with Crippen LogP contribution in [0.15, 0.2) is 24.3 Å². The fraction of sp³-hybridized carbons (Fsp3) is 0.389. The highest BCUT2D eigenvalue weighted by molar-refractivity contribution is 5.95. The first-order chi connectivity index (χ1) is 11.5. The lowest BCUT2D eigenvalue weighted by Gasteiger charge is -2.27. The molecule has 1 aromatic carbocycles. The number of hydrogen-bond acceptors (Lipinski definition) is 4. The molecule has 0 saturated carbocycles. The molecule has 126 valence electrons. The molecule has 6 nitrogen and oxygen atoms in total. The average Bonchev–Trinajstić information content (AvgIpc) is 2.90. The van der Waals surface area contributed by atoms with Gasteiger partial charge in [-0.05, 0) is 26.0 Å². The van der Waals surface area contributed by atoms with Crippen molar-refractivity contribution in [1.29, 1.82) is 0 Å². The zero-order valence-corrected chi connectivity index (χ0v) is 14.2. The molecule has 0 N–H and O–H groups in total. The summed E-state index contributed by atoms with van der Waals surface area (Å²) in [7, 11) is 1.73. The second kappa shape index (κ2) is 6.47. The third kappa shape index (κ3) is 2.91. The Hall–Kier alpha value is -2.63. The van der Waals surface area contributed by atoms with Gasteiger partial charge in [0.25, 0.3) is 5.91 Å². The molecule has 0 radical (unpaired) electrons. The molecule has 1 amide bonds. The number of aromatic nitrogens is 2. The molecule has 1 aliphatic heterocycles. The molecular formula is C18H21N3O3. The van der Waals surface area contributed by atoms with Gasteiger partial charge in [0, 0.05) is 31.1 Å². The fourth-order valence-electron chi connectivity index (χ4n) is 3.01. The Bertz CT molecular complexity index is 778. The van der Waals surface area contributed by atoms with Crippen molar-refractivity contribution in [2.24, 2.45) is 7.05 Å². The van der Waals surface area contributed by atoms with Crippen molar-refractivity contribution in [2.45, 2.75) is 26.8 Å². The molecule has 2 heterocycles. The minimum absolute atomic E-state index is 0.0284. The van der Waals surface area contributed by atoms with E-state index in [2.05, 4.69) is 5.10 Å². The van der Waals surface area contributed by atoms with E-state index in [1.165, 1.54) is 0 Å². The van der Waals surface area contributed by atoms with Crippen LogP contribution in [-0.2, 0) is 24.8 Å². The Kier molecular flexibility index (Phi) is 4.38. The van der Waals surface area contributed by atoms with E-state index in [0.717, 1.165) is 16.8 Å². The number of hydrogen-bond donors (Lipinski definition) is 0. The minimum atomic E-state index is -0.390. The quantitative estimate of drug-likeness (QED) is 0.810. The molecule has 2 aromatic rings. The molecule has 1 aromatic heterocycles. The van der Waals surface area contributed by atoms with Crippen molar-refractivity contribution in [3.8, 4) is 0 Å². The first-order valence-corrected chi connectivity index (χ1v) is 8.09. The van der Waals surface area contributed by atoms with Crippen LogP contribution in [0.4, 0.5) is 0 Å². The van der Waals surface area contributed by atoms with Crippen molar-refractivity contribution in [3.63, 3.8) is 0 Å². The molecule has 0 unspecified atom stereocenters. The lowest BCUT2D eigenvalue weighted by molar-refractivity contribution is 0.0508. The van der Waals surface area contributed by atoms with Crippen LogP contribution in [0, 0.1) is 6.92 Å². The molecule has 0 saturated heterocycles. The number of nitrogens with zero attached hydrogens (tertiary/aromatic N) is 3. The van der Waals surface area contributed by atoms with Gasteiger partial charge < -0.3 is 9.64 Å². The summed E-state index contributed by atoms with van der Waals surface area (Å²) in [6, 6.07) is 7.53. The van der Waals surface area contributed by atoms with Gasteiger partial charge in [-0.15, -0.1) is 0 Å². The van der Waals surface area contributed by atoms with Gasteiger partial charge in [0.1, 0.15) is 0 Å². The molecule has 24 heavy (non-hydrogen) atoms. The van der Waals surface area contributed by atoms with Crippen LogP contribution in [0.3, 0.4) is 0 Å². The molecule has 0 fully saturated rings. The van der Waals surface area contributed by atoms with Gasteiger partial charge in [0.15, 0.2) is 5.69 Å². The van der Waals surface area contributed by atoms with Crippen molar-refractivity contribution in [2.75, 3.05) is 13.2 Å². The second-order valence-corrected chi connectivity index (χ2v) is 5.96. The first kappa shape index (κ1) is 16.2. The second-order valence-electron chi connectivity index (χ2n) is 5.96. The third-order valence-corrected chi connectivity index (χ3v) is 4.25. The van der Waals surface area contributed by atoms with Gasteiger partial charge >= 0.3 is 5.97 Å². The van der Waals surface area contributed by atoms with E-state index in [1.807, 2.05) is 31.2 Å². The normalized spacial score (nSPS) is 13.5. The molecule has 1 aliphatic rings. The van der Waals surface area contributed by atoms with Crippen LogP contribution in [0.5, 0.6) is 0 Å². The summed E-state index contributed by atoms with van der Waals surface area (Å²) in [6.45, 7) is 5.05. The Morgan fingerprint density at radius 3 is 2.62 bits per heavy atom. The van der Waals surface area contributed by atoms with E-state index >= 15 is 0 Å². The Labute approximate surface area is 141 Å². The van der Waals surface area contributed by atoms with Crippen LogP contribution in [0.25, 0.3) is 0 Å². The number of benzene rings is 1. The van der Waals surface area contributed by atoms with Crippen LogP contribution >= 0.6 is 0 Å². The summed E-state index contributed by atoms with van der Waals surface area (Å²) in [5, 5.41) is 4.41. The van der Waals surface area contributed by atoms with Crippen molar-refractivity contribution >= 4 is 11.9 Å². The van der Waals surface area contributed by atoms with Crippen LogP contribution in [-0.4, -0.2) is 39.7 Å². The number of aryl methyl sites for hydroxylation is 2. The van der Waals surface area contributed by atoms with Gasteiger partial charge in [0.2, 0.25) is 0 Å². The van der Waals surface area contributed by atoms with Crippen molar-refractivity contribution < 1.29 is 14.3 Å². The predicted molar refractivity (Wildman–Crippen MR) is 88.8 cm³/mol. The predicted octanol–water partition coefficient (Wildman–Crippen LogP) is 2.10. The lowest BCUT2D eigenvalue weighted by Crippen LogP contribution is -2.36. The van der Waals surface area contributed by atoms with E-state index in [9.17, 15) is 9.59 Å². The topological polar surface area (TPSA) is 64.4 Å². The maximum atomic E-state index is 12.7. The molecular weight excluding hydrogens is 306 g/mol. The summed E-state index contributed by atoms with van der Waals surface area (Å²) in [4.78, 5) is 26.7. The highest BCUT2D eigenvalue weighted by Gasteiger charge is 2.30. The maximum absolute atomic E-state index is 12.7. The number of ether oxygens (including phenoxy) is 1. The largest absolute Gasteiger partial charge is 0.461 e. The minimum Gasteiger partial charge on any atom is -0.461 e. The number of amides is 1. The zero-order chi connectivity index (χ0) is 17.3. The molecule has 3 rings (SSSR count). The Morgan fingerprint density at radius 1 is 1.25 bits per heavy atom. The number of esters is 1. The summed E-state index contributed by atoms with van der Waals surface area (Å²) >= 11 is 0. The van der Waals surface area contributed by atoms with E-state index in [4.69, 9.17) is 4.74 Å². The van der Waals surface area contributed by atoms with E-state index in [0.29, 0.717) is 37.4 Å². The lowest BCUT2D eigenvalue weighted by atomic mass is 10.0. The molecule has 0 atom stereocenters.